The second kappa shape index (κ2) is 8.22. The van der Waals surface area contributed by atoms with Gasteiger partial charge in [-0.2, -0.15) is 0 Å². The number of hydrogen-bond donors (Lipinski definition) is 0. The van der Waals surface area contributed by atoms with Crippen LogP contribution in [-0.4, -0.2) is 9.97 Å². The molecule has 0 fully saturated rings. The van der Waals surface area contributed by atoms with E-state index >= 15 is 0 Å². The molecule has 0 saturated heterocycles. The first kappa shape index (κ1) is 21.0. The summed E-state index contributed by atoms with van der Waals surface area (Å²) < 4.78 is 0. The van der Waals surface area contributed by atoms with Crippen molar-refractivity contribution in [3.63, 3.8) is 0 Å². The van der Waals surface area contributed by atoms with Crippen molar-refractivity contribution in [2.24, 2.45) is 0 Å². The average molecular weight is 483 g/mol. The zero-order chi connectivity index (χ0) is 25.1. The summed E-state index contributed by atoms with van der Waals surface area (Å²) in [4.78, 5) is 9.01. The smallest absolute Gasteiger partial charge is 0.0702 e. The van der Waals surface area contributed by atoms with Crippen molar-refractivity contribution in [3.05, 3.63) is 134 Å². The molecule has 0 unspecified atom stereocenters. The fraction of sp³-hybridized carbons (Fsp3) is 0. The van der Waals surface area contributed by atoms with E-state index < -0.39 is 0 Å². The van der Waals surface area contributed by atoms with Crippen LogP contribution in [0.3, 0.4) is 0 Å². The zero-order valence-corrected chi connectivity index (χ0v) is 20.6. The standard InChI is InChI=1S/C36H22N2/c1-2-20-37-33(5-1)24-8-6-23(7-9-24)29-15-10-25-13-18-32-30(16-11-26-12-17-31(29)35(25)36(26)32)27-14-19-34-28(22-27)4-3-21-38-34/h1-22H. The van der Waals surface area contributed by atoms with Crippen LogP contribution in [0.15, 0.2) is 134 Å². The minimum Gasteiger partial charge on any atom is -0.256 e. The Morgan fingerprint density at radius 1 is 0.395 bits per heavy atom. The van der Waals surface area contributed by atoms with Crippen LogP contribution in [0.25, 0.3) is 76.7 Å². The molecule has 8 rings (SSSR count). The summed E-state index contributed by atoms with van der Waals surface area (Å²) in [6.07, 6.45) is 3.69. The summed E-state index contributed by atoms with van der Waals surface area (Å²) in [6.45, 7) is 0. The fourth-order valence-corrected chi connectivity index (χ4v) is 5.90. The third-order valence-electron chi connectivity index (χ3n) is 7.74. The molecule has 2 nitrogen and oxygen atoms in total. The van der Waals surface area contributed by atoms with E-state index in [1.165, 1.54) is 54.6 Å². The number of nitrogens with zero attached hydrogens (tertiary/aromatic N) is 2. The third-order valence-corrected chi connectivity index (χ3v) is 7.74. The van der Waals surface area contributed by atoms with Crippen molar-refractivity contribution in [2.45, 2.75) is 0 Å². The predicted molar refractivity (Wildman–Crippen MR) is 160 cm³/mol. The normalized spacial score (nSPS) is 11.7. The van der Waals surface area contributed by atoms with E-state index in [9.17, 15) is 0 Å². The first-order valence-electron chi connectivity index (χ1n) is 12.9. The summed E-state index contributed by atoms with van der Waals surface area (Å²) in [5.41, 5.74) is 8.07. The molecule has 2 heteroatoms. The van der Waals surface area contributed by atoms with Gasteiger partial charge >= 0.3 is 0 Å². The number of hydrogen-bond acceptors (Lipinski definition) is 2. The quantitative estimate of drug-likeness (QED) is 0.234. The van der Waals surface area contributed by atoms with Gasteiger partial charge in [0, 0.05) is 23.3 Å². The van der Waals surface area contributed by atoms with Crippen LogP contribution < -0.4 is 0 Å². The molecule has 2 aromatic heterocycles. The van der Waals surface area contributed by atoms with Gasteiger partial charge < -0.3 is 0 Å². The molecule has 176 valence electrons. The van der Waals surface area contributed by atoms with E-state index in [2.05, 4.69) is 113 Å². The van der Waals surface area contributed by atoms with Gasteiger partial charge in [0.15, 0.2) is 0 Å². The Balaban J connectivity index is 1.33. The minimum atomic E-state index is 0.992. The van der Waals surface area contributed by atoms with Gasteiger partial charge in [-0.1, -0.05) is 91.0 Å². The van der Waals surface area contributed by atoms with E-state index in [1.807, 2.05) is 30.6 Å². The Bertz CT molecular complexity index is 2110. The van der Waals surface area contributed by atoms with Crippen molar-refractivity contribution in [2.75, 3.05) is 0 Å². The summed E-state index contributed by atoms with van der Waals surface area (Å²) in [6, 6.07) is 43.6. The Hall–Kier alpha value is -5.08. The van der Waals surface area contributed by atoms with Crippen molar-refractivity contribution >= 4 is 43.2 Å². The zero-order valence-electron chi connectivity index (χ0n) is 20.6. The van der Waals surface area contributed by atoms with Crippen LogP contribution in [0, 0.1) is 0 Å². The minimum absolute atomic E-state index is 0.992. The largest absolute Gasteiger partial charge is 0.256 e. The molecule has 0 aliphatic carbocycles. The maximum absolute atomic E-state index is 4.50. The molecule has 0 saturated carbocycles. The van der Waals surface area contributed by atoms with E-state index in [1.54, 1.807) is 0 Å². The molecule has 0 spiro atoms. The van der Waals surface area contributed by atoms with E-state index in [4.69, 9.17) is 0 Å². The second-order valence-corrected chi connectivity index (χ2v) is 9.85. The van der Waals surface area contributed by atoms with Gasteiger partial charge in [-0.3, -0.25) is 9.97 Å². The van der Waals surface area contributed by atoms with Gasteiger partial charge in [-0.05, 0) is 84.9 Å². The highest BCUT2D eigenvalue weighted by atomic mass is 14.7. The molecule has 8 aromatic rings. The molecule has 0 radical (unpaired) electrons. The Morgan fingerprint density at radius 3 is 1.74 bits per heavy atom. The van der Waals surface area contributed by atoms with E-state index in [0.29, 0.717) is 0 Å². The molecular weight excluding hydrogens is 460 g/mol. The lowest BCUT2D eigenvalue weighted by atomic mass is 9.87. The molecular formula is C36H22N2. The van der Waals surface area contributed by atoms with Gasteiger partial charge in [0.1, 0.15) is 0 Å². The first-order valence-corrected chi connectivity index (χ1v) is 12.9. The molecule has 6 aromatic carbocycles. The van der Waals surface area contributed by atoms with Crippen LogP contribution in [0.2, 0.25) is 0 Å². The van der Waals surface area contributed by atoms with Gasteiger partial charge in [-0.15, -0.1) is 0 Å². The molecule has 38 heavy (non-hydrogen) atoms. The van der Waals surface area contributed by atoms with Gasteiger partial charge in [0.25, 0.3) is 0 Å². The Morgan fingerprint density at radius 2 is 1.03 bits per heavy atom. The number of pyridine rings is 2. The van der Waals surface area contributed by atoms with Gasteiger partial charge in [0.05, 0.1) is 11.2 Å². The van der Waals surface area contributed by atoms with Crippen LogP contribution in [0.5, 0.6) is 0 Å². The van der Waals surface area contributed by atoms with E-state index in [-0.39, 0.29) is 0 Å². The Labute approximate surface area is 220 Å². The van der Waals surface area contributed by atoms with Crippen molar-refractivity contribution < 1.29 is 0 Å². The average Bonchev–Trinajstić information content (AvgIpc) is 3.00. The summed E-state index contributed by atoms with van der Waals surface area (Å²) in [7, 11) is 0. The highest BCUT2D eigenvalue weighted by molar-refractivity contribution is 6.27. The molecule has 0 bridgehead atoms. The maximum atomic E-state index is 4.50. The maximum Gasteiger partial charge on any atom is 0.0702 e. The van der Waals surface area contributed by atoms with Crippen LogP contribution >= 0.6 is 0 Å². The molecule has 0 aliphatic rings. The fourth-order valence-electron chi connectivity index (χ4n) is 5.90. The second-order valence-electron chi connectivity index (χ2n) is 9.85. The highest BCUT2D eigenvalue weighted by Gasteiger charge is 2.15. The lowest BCUT2D eigenvalue weighted by molar-refractivity contribution is 1.33. The monoisotopic (exact) mass is 482 g/mol. The number of benzene rings is 6. The molecule has 0 amide bonds. The van der Waals surface area contributed by atoms with Crippen LogP contribution in [0.1, 0.15) is 0 Å². The highest BCUT2D eigenvalue weighted by Crippen LogP contribution is 2.42. The topological polar surface area (TPSA) is 25.8 Å². The van der Waals surface area contributed by atoms with Gasteiger partial charge in [-0.25, -0.2) is 0 Å². The number of rotatable bonds is 3. The lowest BCUT2D eigenvalue weighted by Crippen LogP contribution is -1.90. The molecule has 2 heterocycles. The summed E-state index contributed by atoms with van der Waals surface area (Å²) >= 11 is 0. The predicted octanol–water partition coefficient (Wildman–Crippen LogP) is 9.53. The first-order chi connectivity index (χ1) is 18.8. The molecule has 0 atom stereocenters. The summed E-state index contributed by atoms with van der Waals surface area (Å²) in [5.74, 6) is 0. The number of aromatic nitrogens is 2. The lowest BCUT2D eigenvalue weighted by Gasteiger charge is -2.17. The molecule has 0 aliphatic heterocycles. The molecule has 0 N–H and O–H groups in total. The SMILES string of the molecule is c1ccc(-c2ccc(-c3ccc4ccc5c(-c6ccc7ncccc7c6)ccc6ccc3c4c65)cc2)nc1. The number of fused-ring (bicyclic) bond motifs is 1. The van der Waals surface area contributed by atoms with Crippen molar-refractivity contribution in [3.8, 4) is 33.5 Å². The van der Waals surface area contributed by atoms with Crippen molar-refractivity contribution in [1.29, 1.82) is 0 Å². The van der Waals surface area contributed by atoms with Crippen LogP contribution in [-0.2, 0) is 0 Å². The Kier molecular flexibility index (Phi) is 4.55. The van der Waals surface area contributed by atoms with Crippen molar-refractivity contribution in [1.82, 2.24) is 9.97 Å². The van der Waals surface area contributed by atoms with E-state index in [0.717, 1.165) is 22.2 Å². The summed E-state index contributed by atoms with van der Waals surface area (Å²) in [5, 5.41) is 8.93. The van der Waals surface area contributed by atoms with Crippen LogP contribution in [0.4, 0.5) is 0 Å². The third kappa shape index (κ3) is 3.21. The van der Waals surface area contributed by atoms with Gasteiger partial charge in [0.2, 0.25) is 0 Å².